The molecule has 1 fully saturated rings. The van der Waals surface area contributed by atoms with Crippen molar-refractivity contribution < 1.29 is 17.9 Å². The Morgan fingerprint density at radius 1 is 1.15 bits per heavy atom. The molecule has 1 amide bonds. The summed E-state index contributed by atoms with van der Waals surface area (Å²) in [7, 11) is -2.11. The highest BCUT2D eigenvalue weighted by Crippen LogP contribution is 2.25. The normalized spacial score (nSPS) is 15.0. The number of hydrogen-bond acceptors (Lipinski definition) is 5. The van der Waals surface area contributed by atoms with Crippen LogP contribution in [0.1, 0.15) is 23.2 Å². The Hall–Kier alpha value is -2.58. The first kappa shape index (κ1) is 18.2. The molecule has 3 N–H and O–H groups in total. The highest BCUT2D eigenvalue weighted by molar-refractivity contribution is 7.89. The molecule has 0 radical (unpaired) electrons. The van der Waals surface area contributed by atoms with Crippen LogP contribution >= 0.6 is 0 Å². The van der Waals surface area contributed by atoms with E-state index in [1.165, 1.54) is 29.6 Å². The van der Waals surface area contributed by atoms with Crippen LogP contribution < -0.4 is 15.8 Å². The highest BCUT2D eigenvalue weighted by Gasteiger charge is 2.28. The number of amides is 1. The SMILES string of the molecule is COc1cccc(NC(=O)c2cc(N)cc(S(=O)(=O)N3CCCC3)c2)c1. The number of carbonyl (C=O) groups is 1. The van der Waals surface area contributed by atoms with Crippen LogP contribution in [0.4, 0.5) is 11.4 Å². The van der Waals surface area contributed by atoms with Crippen molar-refractivity contribution in [1.29, 1.82) is 0 Å². The van der Waals surface area contributed by atoms with Gasteiger partial charge in [0.15, 0.2) is 0 Å². The predicted octanol–water partition coefficient (Wildman–Crippen LogP) is 2.31. The minimum absolute atomic E-state index is 0.0372. The summed E-state index contributed by atoms with van der Waals surface area (Å²) in [5.41, 5.74) is 6.80. The first-order valence-corrected chi connectivity index (χ1v) is 9.70. The van der Waals surface area contributed by atoms with Crippen molar-refractivity contribution in [3.8, 4) is 5.75 Å². The minimum atomic E-state index is -3.65. The number of nitrogens with zero attached hydrogens (tertiary/aromatic N) is 1. The maximum Gasteiger partial charge on any atom is 0.255 e. The lowest BCUT2D eigenvalue weighted by molar-refractivity contribution is 0.102. The molecular weight excluding hydrogens is 354 g/mol. The monoisotopic (exact) mass is 375 g/mol. The van der Waals surface area contributed by atoms with Crippen LogP contribution in [0.3, 0.4) is 0 Å². The molecule has 0 bridgehead atoms. The highest BCUT2D eigenvalue weighted by atomic mass is 32.2. The van der Waals surface area contributed by atoms with Gasteiger partial charge in [-0.05, 0) is 43.2 Å². The molecule has 138 valence electrons. The number of methoxy groups -OCH3 is 1. The molecule has 1 heterocycles. The predicted molar refractivity (Wildman–Crippen MR) is 99.8 cm³/mol. The topological polar surface area (TPSA) is 102 Å². The van der Waals surface area contributed by atoms with Gasteiger partial charge in [-0.3, -0.25) is 4.79 Å². The zero-order valence-corrected chi connectivity index (χ0v) is 15.3. The average Bonchev–Trinajstić information content (AvgIpc) is 3.17. The summed E-state index contributed by atoms with van der Waals surface area (Å²) in [5.74, 6) is 0.163. The second-order valence-electron chi connectivity index (χ2n) is 6.09. The van der Waals surface area contributed by atoms with Gasteiger partial charge in [-0.15, -0.1) is 0 Å². The minimum Gasteiger partial charge on any atom is -0.497 e. The number of hydrogen-bond donors (Lipinski definition) is 2. The molecule has 0 atom stereocenters. The zero-order valence-electron chi connectivity index (χ0n) is 14.4. The maximum atomic E-state index is 12.7. The van der Waals surface area contributed by atoms with Gasteiger partial charge in [0.05, 0.1) is 12.0 Å². The van der Waals surface area contributed by atoms with E-state index in [9.17, 15) is 13.2 Å². The van der Waals surface area contributed by atoms with Crippen molar-refractivity contribution in [1.82, 2.24) is 4.31 Å². The molecule has 0 unspecified atom stereocenters. The molecule has 1 saturated heterocycles. The average molecular weight is 375 g/mol. The van der Waals surface area contributed by atoms with E-state index < -0.39 is 15.9 Å². The Labute approximate surface area is 152 Å². The third-order valence-electron chi connectivity index (χ3n) is 4.22. The lowest BCUT2D eigenvalue weighted by Crippen LogP contribution is -2.28. The molecule has 2 aromatic carbocycles. The fraction of sp³-hybridized carbons (Fsp3) is 0.278. The number of nitrogens with two attached hydrogens (primary N) is 1. The van der Waals surface area contributed by atoms with Crippen LogP contribution in [0.2, 0.25) is 0 Å². The number of carbonyl (C=O) groups excluding carboxylic acids is 1. The molecule has 0 aliphatic carbocycles. The quantitative estimate of drug-likeness (QED) is 0.781. The summed E-state index contributed by atoms with van der Waals surface area (Å²) < 4.78 is 32.0. The van der Waals surface area contributed by atoms with Crippen LogP contribution in [0, 0.1) is 0 Å². The van der Waals surface area contributed by atoms with Gasteiger partial charge in [0.1, 0.15) is 5.75 Å². The molecule has 26 heavy (non-hydrogen) atoms. The Bertz CT molecular complexity index is 922. The fourth-order valence-electron chi connectivity index (χ4n) is 2.88. The van der Waals surface area contributed by atoms with E-state index in [0.717, 1.165) is 12.8 Å². The molecule has 0 saturated carbocycles. The number of ether oxygens (including phenoxy) is 1. The summed E-state index contributed by atoms with van der Waals surface area (Å²) in [6.45, 7) is 0.977. The van der Waals surface area contributed by atoms with Gasteiger partial charge >= 0.3 is 0 Å². The van der Waals surface area contributed by atoms with Crippen molar-refractivity contribution in [3.63, 3.8) is 0 Å². The first-order valence-electron chi connectivity index (χ1n) is 8.26. The van der Waals surface area contributed by atoms with Crippen LogP contribution in [0.15, 0.2) is 47.4 Å². The third kappa shape index (κ3) is 3.81. The van der Waals surface area contributed by atoms with Crippen LogP contribution in [-0.2, 0) is 10.0 Å². The number of rotatable bonds is 5. The Kier molecular flexibility index (Phi) is 5.15. The van der Waals surface area contributed by atoms with Gasteiger partial charge in [-0.1, -0.05) is 6.07 Å². The van der Waals surface area contributed by atoms with Crippen molar-refractivity contribution in [2.45, 2.75) is 17.7 Å². The lowest BCUT2D eigenvalue weighted by atomic mass is 10.2. The van der Waals surface area contributed by atoms with E-state index >= 15 is 0 Å². The molecule has 3 rings (SSSR count). The summed E-state index contributed by atoms with van der Waals surface area (Å²) in [4.78, 5) is 12.6. The van der Waals surface area contributed by atoms with E-state index in [2.05, 4.69) is 5.32 Å². The molecule has 0 spiro atoms. The number of nitrogen functional groups attached to an aromatic ring is 1. The summed E-state index contributed by atoms with van der Waals surface area (Å²) >= 11 is 0. The zero-order chi connectivity index (χ0) is 18.7. The van der Waals surface area contributed by atoms with E-state index in [0.29, 0.717) is 24.5 Å². The molecular formula is C18H21N3O4S. The van der Waals surface area contributed by atoms with E-state index in [4.69, 9.17) is 10.5 Å². The van der Waals surface area contributed by atoms with Crippen LogP contribution in [0.25, 0.3) is 0 Å². The molecule has 0 aromatic heterocycles. The molecule has 1 aliphatic rings. The van der Waals surface area contributed by atoms with Crippen molar-refractivity contribution in [2.75, 3.05) is 31.2 Å². The Morgan fingerprint density at radius 3 is 2.58 bits per heavy atom. The second kappa shape index (κ2) is 7.35. The standard InChI is InChI=1S/C18H21N3O4S/c1-25-16-6-4-5-15(12-16)20-18(22)13-9-14(19)11-17(10-13)26(23,24)21-7-2-3-8-21/h4-6,9-12H,2-3,7-8,19H2,1H3,(H,20,22). The van der Waals surface area contributed by atoms with Gasteiger partial charge in [0, 0.05) is 36.1 Å². The van der Waals surface area contributed by atoms with E-state index in [-0.39, 0.29) is 16.1 Å². The molecule has 8 heteroatoms. The summed E-state index contributed by atoms with van der Waals surface area (Å²) in [6.07, 6.45) is 1.68. The maximum absolute atomic E-state index is 12.7. The largest absolute Gasteiger partial charge is 0.497 e. The van der Waals surface area contributed by atoms with Crippen molar-refractivity contribution in [2.24, 2.45) is 0 Å². The molecule has 2 aromatic rings. The van der Waals surface area contributed by atoms with Gasteiger partial charge < -0.3 is 15.8 Å². The molecule has 1 aliphatic heterocycles. The first-order chi connectivity index (χ1) is 12.4. The van der Waals surface area contributed by atoms with Gasteiger partial charge in [0.25, 0.3) is 5.91 Å². The third-order valence-corrected chi connectivity index (χ3v) is 6.10. The van der Waals surface area contributed by atoms with Gasteiger partial charge in [0.2, 0.25) is 10.0 Å². The summed E-state index contributed by atoms with van der Waals surface area (Å²) in [6, 6.07) is 11.1. The Morgan fingerprint density at radius 2 is 1.88 bits per heavy atom. The lowest BCUT2D eigenvalue weighted by Gasteiger charge is -2.16. The second-order valence-corrected chi connectivity index (χ2v) is 8.03. The van der Waals surface area contributed by atoms with Crippen LogP contribution in [-0.4, -0.2) is 38.8 Å². The fourth-order valence-corrected chi connectivity index (χ4v) is 4.48. The Balaban J connectivity index is 1.88. The van der Waals surface area contributed by atoms with Crippen LogP contribution in [0.5, 0.6) is 5.75 Å². The molecule has 7 nitrogen and oxygen atoms in total. The van der Waals surface area contributed by atoms with Gasteiger partial charge in [-0.25, -0.2) is 8.42 Å². The van der Waals surface area contributed by atoms with Crippen molar-refractivity contribution >= 4 is 27.3 Å². The number of nitrogens with one attached hydrogen (secondary N) is 1. The summed E-state index contributed by atoms with van der Waals surface area (Å²) in [5, 5.41) is 2.73. The number of anilines is 2. The van der Waals surface area contributed by atoms with Gasteiger partial charge in [-0.2, -0.15) is 4.31 Å². The smallest absolute Gasteiger partial charge is 0.255 e. The van der Waals surface area contributed by atoms with Crippen molar-refractivity contribution in [3.05, 3.63) is 48.0 Å². The number of benzene rings is 2. The van der Waals surface area contributed by atoms with E-state index in [1.807, 2.05) is 0 Å². The van der Waals surface area contributed by atoms with E-state index in [1.54, 1.807) is 24.3 Å². The number of sulfonamides is 1.